The van der Waals surface area contributed by atoms with Crippen LogP contribution in [0.15, 0.2) is 22.9 Å². The normalized spacial score (nSPS) is 21.4. The van der Waals surface area contributed by atoms with E-state index in [-0.39, 0.29) is 11.9 Å². The number of hydrogen-bond acceptors (Lipinski definition) is 6. The topological polar surface area (TPSA) is 84.2 Å². The maximum atomic E-state index is 12.0. The average Bonchev–Trinajstić information content (AvgIpc) is 3.15. The van der Waals surface area contributed by atoms with Crippen LogP contribution < -0.4 is 5.32 Å². The Hall–Kier alpha value is -2.44. The fraction of sp³-hybridized carbons (Fsp3) is 0.467. The maximum absolute atomic E-state index is 12.0. The summed E-state index contributed by atoms with van der Waals surface area (Å²) in [5.41, 5.74) is 0.821. The van der Waals surface area contributed by atoms with Crippen LogP contribution >= 0.6 is 0 Å². The molecule has 2 fully saturated rings. The number of likely N-dealkylation sites (tertiary alicyclic amines) is 1. The van der Waals surface area contributed by atoms with Crippen molar-refractivity contribution >= 4 is 11.7 Å². The molecule has 1 amide bonds. The molecule has 114 valence electrons. The van der Waals surface area contributed by atoms with Gasteiger partial charge in [0.2, 0.25) is 5.91 Å². The summed E-state index contributed by atoms with van der Waals surface area (Å²) < 4.78 is 5.17. The van der Waals surface area contributed by atoms with Crippen LogP contribution in [-0.4, -0.2) is 44.6 Å². The van der Waals surface area contributed by atoms with Gasteiger partial charge in [0.05, 0.1) is 6.04 Å². The first-order valence-corrected chi connectivity index (χ1v) is 7.52. The lowest BCUT2D eigenvalue weighted by atomic mass is 10.2. The van der Waals surface area contributed by atoms with Gasteiger partial charge in [-0.3, -0.25) is 4.79 Å². The zero-order valence-electron chi connectivity index (χ0n) is 12.3. The van der Waals surface area contributed by atoms with E-state index in [4.69, 9.17) is 4.52 Å². The first-order valence-electron chi connectivity index (χ1n) is 7.52. The molecule has 1 aliphatic heterocycles. The average molecular weight is 299 g/mol. The summed E-state index contributed by atoms with van der Waals surface area (Å²) in [6, 6.07) is 4.28. The van der Waals surface area contributed by atoms with Crippen LogP contribution in [0, 0.1) is 6.92 Å². The highest BCUT2D eigenvalue weighted by Crippen LogP contribution is 2.31. The van der Waals surface area contributed by atoms with Crippen molar-refractivity contribution in [1.29, 1.82) is 0 Å². The number of amides is 1. The van der Waals surface area contributed by atoms with E-state index in [1.165, 1.54) is 0 Å². The minimum atomic E-state index is 0.111. The van der Waals surface area contributed by atoms with E-state index in [2.05, 4.69) is 20.4 Å². The lowest BCUT2D eigenvalue weighted by molar-refractivity contribution is -0.128. The fourth-order valence-electron chi connectivity index (χ4n) is 2.83. The molecule has 1 N–H and O–H groups in total. The molecule has 1 aliphatic carbocycles. The number of anilines is 1. The van der Waals surface area contributed by atoms with Gasteiger partial charge in [0, 0.05) is 30.8 Å². The molecule has 1 saturated carbocycles. The van der Waals surface area contributed by atoms with E-state index in [9.17, 15) is 4.79 Å². The number of carbonyl (C=O) groups excluding carboxylic acids is 1. The zero-order valence-corrected chi connectivity index (χ0v) is 12.3. The predicted molar refractivity (Wildman–Crippen MR) is 79.0 cm³/mol. The summed E-state index contributed by atoms with van der Waals surface area (Å²) >= 11 is 0. The van der Waals surface area contributed by atoms with Crippen molar-refractivity contribution in [3.8, 4) is 11.5 Å². The molecule has 2 aromatic heterocycles. The summed E-state index contributed by atoms with van der Waals surface area (Å²) in [6.07, 6.45) is 4.51. The van der Waals surface area contributed by atoms with Gasteiger partial charge in [-0.1, -0.05) is 5.16 Å². The highest BCUT2D eigenvalue weighted by atomic mass is 16.5. The van der Waals surface area contributed by atoms with E-state index in [0.29, 0.717) is 24.2 Å². The zero-order chi connectivity index (χ0) is 15.1. The quantitative estimate of drug-likeness (QED) is 0.923. The van der Waals surface area contributed by atoms with Crippen molar-refractivity contribution in [3.63, 3.8) is 0 Å². The summed E-state index contributed by atoms with van der Waals surface area (Å²) in [7, 11) is 0. The predicted octanol–water partition coefficient (Wildman–Crippen LogP) is 1.62. The first-order chi connectivity index (χ1) is 10.7. The third-order valence-corrected chi connectivity index (χ3v) is 4.03. The molecule has 22 heavy (non-hydrogen) atoms. The lowest BCUT2D eigenvalue weighted by Gasteiger charge is -2.16. The molecule has 1 saturated heterocycles. The van der Waals surface area contributed by atoms with Crippen LogP contribution in [0.4, 0.5) is 5.82 Å². The third kappa shape index (κ3) is 2.54. The van der Waals surface area contributed by atoms with Crippen molar-refractivity contribution in [2.24, 2.45) is 0 Å². The Bertz CT molecular complexity index is 709. The molecule has 4 rings (SSSR count). The van der Waals surface area contributed by atoms with Gasteiger partial charge in [0.1, 0.15) is 5.82 Å². The van der Waals surface area contributed by atoms with Crippen LogP contribution in [0.2, 0.25) is 0 Å². The number of aryl methyl sites for hydroxylation is 1. The molecule has 3 heterocycles. The van der Waals surface area contributed by atoms with Crippen LogP contribution in [0.5, 0.6) is 0 Å². The molecular formula is C15H17N5O2. The van der Waals surface area contributed by atoms with Gasteiger partial charge < -0.3 is 14.7 Å². The second-order valence-corrected chi connectivity index (χ2v) is 5.90. The summed E-state index contributed by atoms with van der Waals surface area (Å²) in [5, 5.41) is 7.13. The highest BCUT2D eigenvalue weighted by Gasteiger charge is 2.39. The number of pyridine rings is 1. The highest BCUT2D eigenvalue weighted by molar-refractivity contribution is 5.80. The molecule has 7 nitrogen and oxygen atoms in total. The molecule has 0 radical (unpaired) electrons. The van der Waals surface area contributed by atoms with Crippen molar-refractivity contribution in [1.82, 2.24) is 20.0 Å². The third-order valence-electron chi connectivity index (χ3n) is 4.03. The van der Waals surface area contributed by atoms with Crippen molar-refractivity contribution in [2.45, 2.75) is 38.3 Å². The molecule has 0 bridgehead atoms. The van der Waals surface area contributed by atoms with E-state index in [0.717, 1.165) is 30.8 Å². The smallest absolute Gasteiger partial charge is 0.258 e. The van der Waals surface area contributed by atoms with Crippen molar-refractivity contribution in [2.75, 3.05) is 11.9 Å². The fourth-order valence-corrected chi connectivity index (χ4v) is 2.83. The van der Waals surface area contributed by atoms with Gasteiger partial charge in [0.25, 0.3) is 5.89 Å². The van der Waals surface area contributed by atoms with Crippen molar-refractivity contribution < 1.29 is 9.32 Å². The number of nitrogens with one attached hydrogen (secondary N) is 1. The second kappa shape index (κ2) is 5.08. The standard InChI is InChI=1S/C15H17N5O2/c1-9-17-15(22-19-9)10-4-5-16-13(6-10)18-11-7-14(21)20(8-11)12-2-3-12/h4-6,11-12H,2-3,7-8H2,1H3,(H,16,18). The Labute approximate surface area is 127 Å². The molecule has 2 aromatic rings. The van der Waals surface area contributed by atoms with E-state index < -0.39 is 0 Å². The van der Waals surface area contributed by atoms with Crippen LogP contribution in [0.1, 0.15) is 25.1 Å². The number of aromatic nitrogens is 3. The molecule has 7 heteroatoms. The number of rotatable bonds is 4. The van der Waals surface area contributed by atoms with Gasteiger partial charge in [-0.25, -0.2) is 4.98 Å². The van der Waals surface area contributed by atoms with Gasteiger partial charge in [-0.2, -0.15) is 4.98 Å². The summed E-state index contributed by atoms with van der Waals surface area (Å²) in [6.45, 7) is 2.54. The molecule has 1 unspecified atom stereocenters. The van der Waals surface area contributed by atoms with Crippen LogP contribution in [-0.2, 0) is 4.79 Å². The SMILES string of the molecule is Cc1noc(-c2ccnc(NC3CC(=O)N(C4CC4)C3)c2)n1. The van der Waals surface area contributed by atoms with Gasteiger partial charge in [-0.05, 0) is 31.9 Å². The van der Waals surface area contributed by atoms with E-state index >= 15 is 0 Å². The minimum Gasteiger partial charge on any atom is -0.365 e. The second-order valence-electron chi connectivity index (χ2n) is 5.90. The number of hydrogen-bond donors (Lipinski definition) is 1. The number of carbonyl (C=O) groups is 1. The lowest BCUT2D eigenvalue weighted by Crippen LogP contribution is -2.29. The molecule has 2 aliphatic rings. The van der Waals surface area contributed by atoms with E-state index in [1.807, 2.05) is 17.0 Å². The van der Waals surface area contributed by atoms with Crippen molar-refractivity contribution in [3.05, 3.63) is 24.2 Å². The summed E-state index contributed by atoms with van der Waals surface area (Å²) in [5.74, 6) is 2.04. The van der Waals surface area contributed by atoms with Gasteiger partial charge >= 0.3 is 0 Å². The van der Waals surface area contributed by atoms with Gasteiger partial charge in [0.15, 0.2) is 5.82 Å². The summed E-state index contributed by atoms with van der Waals surface area (Å²) in [4.78, 5) is 22.5. The Kier molecular flexibility index (Phi) is 3.06. The maximum Gasteiger partial charge on any atom is 0.258 e. The Balaban J connectivity index is 1.48. The van der Waals surface area contributed by atoms with Crippen LogP contribution in [0.25, 0.3) is 11.5 Å². The Morgan fingerprint density at radius 1 is 1.41 bits per heavy atom. The molecule has 1 atom stereocenters. The number of nitrogens with zero attached hydrogens (tertiary/aromatic N) is 4. The first kappa shape index (κ1) is 13.2. The van der Waals surface area contributed by atoms with Gasteiger partial charge in [-0.15, -0.1) is 0 Å². The molecule has 0 aromatic carbocycles. The largest absolute Gasteiger partial charge is 0.365 e. The Morgan fingerprint density at radius 3 is 3.00 bits per heavy atom. The minimum absolute atomic E-state index is 0.111. The monoisotopic (exact) mass is 299 g/mol. The Morgan fingerprint density at radius 2 is 2.27 bits per heavy atom. The molecular weight excluding hydrogens is 282 g/mol. The molecule has 0 spiro atoms. The van der Waals surface area contributed by atoms with E-state index in [1.54, 1.807) is 13.1 Å². The van der Waals surface area contributed by atoms with Crippen LogP contribution in [0.3, 0.4) is 0 Å².